The van der Waals surface area contributed by atoms with Crippen LogP contribution in [0.4, 0.5) is 5.69 Å². The van der Waals surface area contributed by atoms with Gasteiger partial charge in [0.25, 0.3) is 0 Å². The molecule has 0 atom stereocenters. The monoisotopic (exact) mass is 356 g/mol. The summed E-state index contributed by atoms with van der Waals surface area (Å²) in [5, 5.41) is 0. The quantitative estimate of drug-likeness (QED) is 0.317. The van der Waals surface area contributed by atoms with Crippen molar-refractivity contribution >= 4 is 17.4 Å². The number of rotatable bonds is 9. The Morgan fingerprint density at radius 3 is 2.42 bits per heavy atom. The molecule has 2 aromatic rings. The molecule has 0 saturated carbocycles. The minimum atomic E-state index is -0.151. The molecule has 2 N–H and O–H groups in total. The van der Waals surface area contributed by atoms with E-state index in [4.69, 9.17) is 10.5 Å². The molecule has 5 heteroatoms. The fraction of sp³-hybridized carbons (Fsp3) is 0.429. The molecule has 0 unspecified atom stereocenters. The van der Waals surface area contributed by atoms with Crippen LogP contribution in [-0.2, 0) is 16.1 Å². The second kappa shape index (κ2) is 9.22. The molecule has 2 rings (SSSR count). The van der Waals surface area contributed by atoms with Gasteiger partial charge >= 0.3 is 5.97 Å². The number of carbonyl (C=O) groups excluding carboxylic acids is 2. The zero-order valence-corrected chi connectivity index (χ0v) is 15.8. The number of esters is 1. The number of nitrogens with two attached hydrogens (primary N) is 1. The molecule has 0 aliphatic carbocycles. The SMILES string of the molecule is CCOC(=O)CCCCn1cc(C(=O)c2ccc(N)cc2)c(C(C)C)c1. The van der Waals surface area contributed by atoms with E-state index in [1.807, 2.05) is 23.9 Å². The maximum atomic E-state index is 12.9. The molecule has 26 heavy (non-hydrogen) atoms. The fourth-order valence-corrected chi connectivity index (χ4v) is 2.89. The summed E-state index contributed by atoms with van der Waals surface area (Å²) < 4.78 is 6.99. The van der Waals surface area contributed by atoms with Gasteiger partial charge in [-0.05, 0) is 55.5 Å². The molecule has 5 nitrogen and oxygen atoms in total. The second-order valence-electron chi connectivity index (χ2n) is 6.73. The Labute approximate surface area is 155 Å². The average molecular weight is 356 g/mol. The number of unbranched alkanes of at least 4 members (excludes halogenated alkanes) is 1. The van der Waals surface area contributed by atoms with Gasteiger partial charge in [0.1, 0.15) is 0 Å². The van der Waals surface area contributed by atoms with Crippen molar-refractivity contribution < 1.29 is 14.3 Å². The van der Waals surface area contributed by atoms with Crippen LogP contribution in [-0.4, -0.2) is 22.9 Å². The van der Waals surface area contributed by atoms with Crippen molar-refractivity contribution in [3.63, 3.8) is 0 Å². The number of hydrogen-bond acceptors (Lipinski definition) is 4. The number of carbonyl (C=O) groups is 2. The van der Waals surface area contributed by atoms with E-state index in [2.05, 4.69) is 13.8 Å². The van der Waals surface area contributed by atoms with Gasteiger partial charge in [-0.1, -0.05) is 13.8 Å². The Morgan fingerprint density at radius 1 is 1.12 bits per heavy atom. The summed E-state index contributed by atoms with van der Waals surface area (Å²) >= 11 is 0. The molecule has 0 radical (unpaired) electrons. The summed E-state index contributed by atoms with van der Waals surface area (Å²) in [5.74, 6) is 0.115. The molecule has 0 spiro atoms. The van der Waals surface area contributed by atoms with E-state index >= 15 is 0 Å². The summed E-state index contributed by atoms with van der Waals surface area (Å²) in [6.45, 7) is 7.17. The molecule has 0 amide bonds. The topological polar surface area (TPSA) is 74.3 Å². The molecule has 140 valence electrons. The van der Waals surface area contributed by atoms with Gasteiger partial charge in [0.05, 0.1) is 6.61 Å². The third kappa shape index (κ3) is 5.22. The lowest BCUT2D eigenvalue weighted by atomic mass is 9.96. The molecule has 0 aliphatic rings. The highest BCUT2D eigenvalue weighted by Gasteiger charge is 2.18. The van der Waals surface area contributed by atoms with Crippen molar-refractivity contribution in [3.05, 3.63) is 53.3 Å². The van der Waals surface area contributed by atoms with Crippen LogP contribution in [0.3, 0.4) is 0 Å². The first-order valence-corrected chi connectivity index (χ1v) is 9.18. The largest absolute Gasteiger partial charge is 0.466 e. The first kappa shape index (κ1) is 19.8. The average Bonchev–Trinajstić information content (AvgIpc) is 3.03. The first-order valence-electron chi connectivity index (χ1n) is 9.18. The number of anilines is 1. The Hall–Kier alpha value is -2.56. The second-order valence-corrected chi connectivity index (χ2v) is 6.73. The molecule has 1 aromatic heterocycles. The number of benzene rings is 1. The highest BCUT2D eigenvalue weighted by molar-refractivity contribution is 6.10. The van der Waals surface area contributed by atoms with E-state index in [0.717, 1.165) is 30.5 Å². The summed E-state index contributed by atoms with van der Waals surface area (Å²) in [5.41, 5.74) is 8.76. The summed E-state index contributed by atoms with van der Waals surface area (Å²) in [4.78, 5) is 24.3. The molecular weight excluding hydrogens is 328 g/mol. The van der Waals surface area contributed by atoms with E-state index in [1.54, 1.807) is 24.3 Å². The van der Waals surface area contributed by atoms with Crippen molar-refractivity contribution in [1.82, 2.24) is 4.57 Å². The third-order valence-corrected chi connectivity index (χ3v) is 4.30. The van der Waals surface area contributed by atoms with Crippen molar-refractivity contribution in [2.24, 2.45) is 0 Å². The van der Waals surface area contributed by atoms with E-state index < -0.39 is 0 Å². The maximum absolute atomic E-state index is 12.9. The van der Waals surface area contributed by atoms with Crippen LogP contribution in [0, 0.1) is 0 Å². The highest BCUT2D eigenvalue weighted by Crippen LogP contribution is 2.24. The number of hydrogen-bond donors (Lipinski definition) is 1. The Morgan fingerprint density at radius 2 is 1.81 bits per heavy atom. The summed E-state index contributed by atoms with van der Waals surface area (Å²) in [7, 11) is 0. The van der Waals surface area contributed by atoms with Gasteiger partial charge in [0.2, 0.25) is 0 Å². The highest BCUT2D eigenvalue weighted by atomic mass is 16.5. The number of aryl methyl sites for hydroxylation is 1. The lowest BCUT2D eigenvalue weighted by molar-refractivity contribution is -0.143. The van der Waals surface area contributed by atoms with Gasteiger partial charge in [-0.25, -0.2) is 0 Å². The van der Waals surface area contributed by atoms with E-state index in [-0.39, 0.29) is 17.7 Å². The van der Waals surface area contributed by atoms with E-state index in [1.165, 1.54) is 0 Å². The van der Waals surface area contributed by atoms with Crippen molar-refractivity contribution in [2.75, 3.05) is 12.3 Å². The molecular formula is C21H28N2O3. The molecule has 0 saturated heterocycles. The molecule has 0 aliphatic heterocycles. The molecule has 0 bridgehead atoms. The predicted molar refractivity (Wildman–Crippen MR) is 103 cm³/mol. The van der Waals surface area contributed by atoms with Gasteiger partial charge in [0, 0.05) is 42.2 Å². The van der Waals surface area contributed by atoms with Crippen molar-refractivity contribution in [3.8, 4) is 0 Å². The number of ether oxygens (including phenoxy) is 1. The van der Waals surface area contributed by atoms with Gasteiger partial charge in [0.15, 0.2) is 5.78 Å². The number of nitrogens with zero attached hydrogens (tertiary/aromatic N) is 1. The van der Waals surface area contributed by atoms with Crippen LogP contribution < -0.4 is 5.73 Å². The zero-order valence-electron chi connectivity index (χ0n) is 15.8. The maximum Gasteiger partial charge on any atom is 0.305 e. The third-order valence-electron chi connectivity index (χ3n) is 4.30. The smallest absolute Gasteiger partial charge is 0.305 e. The Kier molecular flexibility index (Phi) is 7.01. The van der Waals surface area contributed by atoms with Crippen LogP contribution in [0.25, 0.3) is 0 Å². The van der Waals surface area contributed by atoms with Gasteiger partial charge < -0.3 is 15.0 Å². The minimum Gasteiger partial charge on any atom is -0.466 e. The molecule has 0 fully saturated rings. The lowest BCUT2D eigenvalue weighted by Crippen LogP contribution is -2.05. The van der Waals surface area contributed by atoms with E-state index in [9.17, 15) is 9.59 Å². The predicted octanol–water partition coefficient (Wildman–Crippen LogP) is 4.16. The van der Waals surface area contributed by atoms with Crippen LogP contribution in [0.1, 0.15) is 67.4 Å². The zero-order chi connectivity index (χ0) is 19.1. The molecule has 1 aromatic carbocycles. The molecule has 1 heterocycles. The number of aromatic nitrogens is 1. The normalized spacial score (nSPS) is 10.9. The van der Waals surface area contributed by atoms with Gasteiger partial charge in [-0.2, -0.15) is 0 Å². The lowest BCUT2D eigenvalue weighted by Gasteiger charge is -2.06. The Balaban J connectivity index is 2.06. The van der Waals surface area contributed by atoms with Crippen molar-refractivity contribution in [2.45, 2.75) is 52.5 Å². The minimum absolute atomic E-state index is 0.0129. The first-order chi connectivity index (χ1) is 12.4. The van der Waals surface area contributed by atoms with Crippen LogP contribution in [0.15, 0.2) is 36.7 Å². The van der Waals surface area contributed by atoms with Gasteiger partial charge in [-0.3, -0.25) is 9.59 Å². The van der Waals surface area contributed by atoms with Crippen molar-refractivity contribution in [1.29, 1.82) is 0 Å². The number of nitrogen functional groups attached to an aromatic ring is 1. The van der Waals surface area contributed by atoms with Crippen LogP contribution in [0.5, 0.6) is 0 Å². The number of ketones is 1. The van der Waals surface area contributed by atoms with Gasteiger partial charge in [-0.15, -0.1) is 0 Å². The standard InChI is InChI=1S/C21H28N2O3/c1-4-26-20(24)7-5-6-12-23-13-18(15(2)3)19(14-23)21(25)16-8-10-17(22)11-9-16/h8-11,13-15H,4-7,12,22H2,1-3H3. The van der Waals surface area contributed by atoms with Crippen LogP contribution >= 0.6 is 0 Å². The summed E-state index contributed by atoms with van der Waals surface area (Å²) in [6, 6.07) is 7.01. The fourth-order valence-electron chi connectivity index (χ4n) is 2.89. The summed E-state index contributed by atoms with van der Waals surface area (Å²) in [6.07, 6.45) is 6.02. The Bertz CT molecular complexity index is 745. The van der Waals surface area contributed by atoms with E-state index in [0.29, 0.717) is 24.3 Å². The van der Waals surface area contributed by atoms with Crippen LogP contribution in [0.2, 0.25) is 0 Å².